The Labute approximate surface area is 208 Å². The smallest absolute Gasteiger partial charge is 0.295 e. The molecule has 1 saturated heterocycles. The number of amides is 1. The number of ether oxygens (including phenoxy) is 4. The molecule has 2 heterocycles. The van der Waals surface area contributed by atoms with Gasteiger partial charge in [0.1, 0.15) is 11.5 Å². The van der Waals surface area contributed by atoms with Gasteiger partial charge in [-0.15, -0.1) is 0 Å². The van der Waals surface area contributed by atoms with Gasteiger partial charge in [0.15, 0.2) is 11.5 Å². The molecular formula is C27H26N2O7. The van der Waals surface area contributed by atoms with E-state index in [1.807, 2.05) is 0 Å². The molecule has 2 aromatic carbocycles. The van der Waals surface area contributed by atoms with Gasteiger partial charge in [-0.2, -0.15) is 0 Å². The summed E-state index contributed by atoms with van der Waals surface area (Å²) < 4.78 is 21.7. The zero-order valence-electron chi connectivity index (χ0n) is 20.3. The molecule has 1 N–H and O–H groups in total. The molecule has 1 aliphatic rings. The third kappa shape index (κ3) is 4.43. The molecule has 186 valence electrons. The first kappa shape index (κ1) is 24.6. The number of methoxy groups -OCH3 is 4. The number of hydrogen-bond acceptors (Lipinski definition) is 8. The zero-order valence-corrected chi connectivity index (χ0v) is 20.3. The van der Waals surface area contributed by atoms with E-state index >= 15 is 0 Å². The van der Waals surface area contributed by atoms with Gasteiger partial charge in [-0.25, -0.2) is 0 Å². The number of carbonyl (C=O) groups is 2. The number of nitrogens with zero attached hydrogens (tertiary/aromatic N) is 2. The van der Waals surface area contributed by atoms with Crippen molar-refractivity contribution in [1.29, 1.82) is 0 Å². The van der Waals surface area contributed by atoms with E-state index in [4.69, 9.17) is 18.9 Å². The van der Waals surface area contributed by atoms with Gasteiger partial charge in [0.05, 0.1) is 40.1 Å². The molecule has 9 nitrogen and oxygen atoms in total. The predicted octanol–water partition coefficient (Wildman–Crippen LogP) is 3.74. The first-order valence-corrected chi connectivity index (χ1v) is 11.0. The van der Waals surface area contributed by atoms with Crippen LogP contribution in [0.1, 0.15) is 22.7 Å². The van der Waals surface area contributed by atoms with Crippen LogP contribution in [0.2, 0.25) is 0 Å². The fourth-order valence-corrected chi connectivity index (χ4v) is 4.26. The number of aromatic nitrogens is 1. The standard InChI is InChI=1S/C27H26N2O7/c1-33-19-9-5-8-17(11-19)24(30)22-23(18-12-20(34-2)26(36-4)21(13-18)35-3)29(27(32)25(22)31)15-16-7-6-10-28-14-16/h5-14,23,30H,15H2,1-4H3/b24-22+/t23-/m1/s1. The molecule has 1 aliphatic heterocycles. The number of pyridine rings is 1. The Hall–Kier alpha value is -4.53. The highest BCUT2D eigenvalue weighted by Crippen LogP contribution is 2.46. The lowest BCUT2D eigenvalue weighted by molar-refractivity contribution is -0.140. The van der Waals surface area contributed by atoms with Crippen LogP contribution in [0.25, 0.3) is 5.76 Å². The van der Waals surface area contributed by atoms with Crippen molar-refractivity contribution in [1.82, 2.24) is 9.88 Å². The molecule has 0 unspecified atom stereocenters. The molecule has 36 heavy (non-hydrogen) atoms. The topological polar surface area (TPSA) is 107 Å². The van der Waals surface area contributed by atoms with Crippen molar-refractivity contribution >= 4 is 17.4 Å². The second kappa shape index (κ2) is 10.4. The molecular weight excluding hydrogens is 464 g/mol. The van der Waals surface area contributed by atoms with E-state index in [2.05, 4.69) is 4.98 Å². The van der Waals surface area contributed by atoms with Gasteiger partial charge < -0.3 is 29.0 Å². The van der Waals surface area contributed by atoms with Crippen molar-refractivity contribution in [2.75, 3.05) is 28.4 Å². The largest absolute Gasteiger partial charge is 0.507 e. The molecule has 0 bridgehead atoms. The monoisotopic (exact) mass is 490 g/mol. The van der Waals surface area contributed by atoms with Crippen LogP contribution in [0, 0.1) is 0 Å². The van der Waals surface area contributed by atoms with E-state index in [0.29, 0.717) is 34.1 Å². The van der Waals surface area contributed by atoms with Crippen LogP contribution >= 0.6 is 0 Å². The molecule has 0 radical (unpaired) electrons. The summed E-state index contributed by atoms with van der Waals surface area (Å²) in [6, 6.07) is 12.6. The van der Waals surface area contributed by atoms with Gasteiger partial charge in [0.25, 0.3) is 11.7 Å². The summed E-state index contributed by atoms with van der Waals surface area (Å²) in [6.45, 7) is 0.0919. The summed E-state index contributed by atoms with van der Waals surface area (Å²) >= 11 is 0. The van der Waals surface area contributed by atoms with E-state index in [1.54, 1.807) is 60.9 Å². The van der Waals surface area contributed by atoms with Crippen molar-refractivity contribution in [3.8, 4) is 23.0 Å². The summed E-state index contributed by atoms with van der Waals surface area (Å²) in [5.74, 6) is -0.325. The van der Waals surface area contributed by atoms with Crippen molar-refractivity contribution in [3.63, 3.8) is 0 Å². The Kier molecular flexibility index (Phi) is 7.10. The number of ketones is 1. The maximum absolute atomic E-state index is 13.3. The maximum Gasteiger partial charge on any atom is 0.295 e. The van der Waals surface area contributed by atoms with Crippen LogP contribution in [-0.2, 0) is 16.1 Å². The molecule has 0 saturated carbocycles. The third-order valence-electron chi connectivity index (χ3n) is 5.96. The minimum atomic E-state index is -0.940. The Morgan fingerprint density at radius 2 is 1.67 bits per heavy atom. The van der Waals surface area contributed by atoms with Crippen LogP contribution in [0.3, 0.4) is 0 Å². The number of rotatable bonds is 8. The normalized spacial score (nSPS) is 16.7. The lowest BCUT2D eigenvalue weighted by atomic mass is 9.94. The summed E-state index contributed by atoms with van der Waals surface area (Å²) in [7, 11) is 5.94. The van der Waals surface area contributed by atoms with Crippen LogP contribution in [-0.4, -0.2) is 55.1 Å². The molecule has 0 spiro atoms. The molecule has 9 heteroatoms. The van der Waals surface area contributed by atoms with E-state index in [1.165, 1.54) is 33.3 Å². The number of hydrogen-bond donors (Lipinski definition) is 1. The van der Waals surface area contributed by atoms with Gasteiger partial charge in [-0.1, -0.05) is 18.2 Å². The minimum Gasteiger partial charge on any atom is -0.507 e. The van der Waals surface area contributed by atoms with Crippen molar-refractivity contribution in [2.24, 2.45) is 0 Å². The van der Waals surface area contributed by atoms with E-state index in [-0.39, 0.29) is 17.9 Å². The Morgan fingerprint density at radius 3 is 2.25 bits per heavy atom. The predicted molar refractivity (Wildman–Crippen MR) is 131 cm³/mol. The van der Waals surface area contributed by atoms with Crippen molar-refractivity contribution in [3.05, 3.63) is 83.2 Å². The number of aliphatic hydroxyl groups is 1. The van der Waals surface area contributed by atoms with E-state index in [0.717, 1.165) is 5.56 Å². The fraction of sp³-hybridized carbons (Fsp3) is 0.222. The first-order valence-electron chi connectivity index (χ1n) is 11.0. The van der Waals surface area contributed by atoms with Crippen LogP contribution in [0.5, 0.6) is 23.0 Å². The number of aliphatic hydroxyl groups excluding tert-OH is 1. The van der Waals surface area contributed by atoms with Gasteiger partial charge in [0.2, 0.25) is 5.75 Å². The minimum absolute atomic E-state index is 0.0635. The maximum atomic E-state index is 13.3. The highest BCUT2D eigenvalue weighted by atomic mass is 16.5. The zero-order chi connectivity index (χ0) is 25.8. The fourth-order valence-electron chi connectivity index (χ4n) is 4.26. The highest BCUT2D eigenvalue weighted by molar-refractivity contribution is 6.46. The summed E-state index contributed by atoms with van der Waals surface area (Å²) in [6.07, 6.45) is 3.24. The van der Waals surface area contributed by atoms with Crippen molar-refractivity contribution in [2.45, 2.75) is 12.6 Å². The average molecular weight is 491 g/mol. The summed E-state index contributed by atoms with van der Waals surface area (Å²) in [5, 5.41) is 11.3. The van der Waals surface area contributed by atoms with Gasteiger partial charge in [0, 0.05) is 24.5 Å². The van der Waals surface area contributed by atoms with Crippen LogP contribution in [0.15, 0.2) is 66.5 Å². The molecule has 1 aromatic heterocycles. The molecule has 0 aliphatic carbocycles. The summed E-state index contributed by atoms with van der Waals surface area (Å²) in [4.78, 5) is 32.1. The molecule has 1 atom stereocenters. The number of likely N-dealkylation sites (tertiary alicyclic amines) is 1. The Bertz CT molecular complexity index is 1300. The average Bonchev–Trinajstić information content (AvgIpc) is 3.17. The second-order valence-electron chi connectivity index (χ2n) is 7.98. The highest BCUT2D eigenvalue weighted by Gasteiger charge is 2.46. The third-order valence-corrected chi connectivity index (χ3v) is 5.96. The first-order chi connectivity index (χ1) is 17.4. The van der Waals surface area contributed by atoms with Gasteiger partial charge in [-0.3, -0.25) is 14.6 Å². The number of benzene rings is 2. The van der Waals surface area contributed by atoms with Gasteiger partial charge >= 0.3 is 0 Å². The quantitative estimate of drug-likeness (QED) is 0.289. The molecule has 1 fully saturated rings. The lowest BCUT2D eigenvalue weighted by Crippen LogP contribution is -2.29. The van der Waals surface area contributed by atoms with Crippen LogP contribution in [0.4, 0.5) is 0 Å². The summed E-state index contributed by atoms with van der Waals surface area (Å²) in [5.41, 5.74) is 1.49. The number of carbonyl (C=O) groups excluding carboxylic acids is 2. The molecule has 1 amide bonds. The number of Topliss-reactive ketones (excluding diaryl/α,β-unsaturated/α-hetero) is 1. The van der Waals surface area contributed by atoms with Crippen LogP contribution < -0.4 is 18.9 Å². The Balaban J connectivity index is 1.95. The Morgan fingerprint density at radius 1 is 0.944 bits per heavy atom. The second-order valence-corrected chi connectivity index (χ2v) is 7.98. The SMILES string of the molecule is COc1cccc(/C(O)=C2\C(=O)C(=O)N(Cc3cccnc3)[C@@H]2c2cc(OC)c(OC)c(OC)c2)c1. The van der Waals surface area contributed by atoms with Crippen molar-refractivity contribution < 1.29 is 33.6 Å². The van der Waals surface area contributed by atoms with E-state index in [9.17, 15) is 14.7 Å². The van der Waals surface area contributed by atoms with Gasteiger partial charge in [-0.05, 0) is 41.5 Å². The lowest BCUT2D eigenvalue weighted by Gasteiger charge is -2.26. The molecule has 4 rings (SSSR count). The molecule has 3 aromatic rings. The van der Waals surface area contributed by atoms with E-state index < -0.39 is 17.7 Å².